The molecule has 0 aliphatic rings. The van der Waals surface area contributed by atoms with Gasteiger partial charge in [-0.3, -0.25) is 0 Å². The van der Waals surface area contributed by atoms with Crippen LogP contribution in [0, 0.1) is 138 Å². The summed E-state index contributed by atoms with van der Waals surface area (Å²) >= 11 is -12.3. The van der Waals surface area contributed by atoms with Crippen molar-refractivity contribution in [2.45, 2.75) is 155 Å². The van der Waals surface area contributed by atoms with E-state index in [1.165, 1.54) is 0 Å². The molecule has 81 heavy (non-hydrogen) atoms. The fourth-order valence-electron chi connectivity index (χ4n) is 11.1. The Balaban J connectivity index is 1.92. The number of rotatable bonds is 28. The molecule has 0 amide bonds. The first-order valence-electron chi connectivity index (χ1n) is 26.7. The number of halogens is 21. The molecule has 0 N–H and O–H groups in total. The molecule has 444 valence electrons. The van der Waals surface area contributed by atoms with Gasteiger partial charge in [-0.05, 0) is 0 Å². The molecule has 0 radical (unpaired) electrons. The maximum absolute atomic E-state index is 18.2. The van der Waals surface area contributed by atoms with Crippen molar-refractivity contribution in [3.05, 3.63) is 197 Å². The molecule has 6 rings (SSSR count). The monoisotopic (exact) mass is 1290 g/mol. The van der Waals surface area contributed by atoms with Crippen molar-refractivity contribution < 1.29 is 103 Å². The molecule has 6 aromatic rings. The van der Waals surface area contributed by atoms with E-state index >= 15 is 87.8 Å². The second-order valence-corrected chi connectivity index (χ2v) is 35.0. The molecule has 0 aliphatic heterocycles. The Morgan fingerprint density at radius 1 is 0.210 bits per heavy atom. The van der Waals surface area contributed by atoms with Gasteiger partial charge in [-0.25, -0.2) is 0 Å². The molecule has 6 aromatic carbocycles. The van der Waals surface area contributed by atoms with E-state index in [-0.39, 0.29) is 61.1 Å². The van der Waals surface area contributed by atoms with Gasteiger partial charge in [0, 0.05) is 0 Å². The quantitative estimate of drug-likeness (QED) is 0.0151. The van der Waals surface area contributed by atoms with E-state index < -0.39 is 153 Å². The number of benzene rings is 6. The Labute approximate surface area is 454 Å². The minimum atomic E-state index is -12.3. The van der Waals surface area contributed by atoms with Crippen LogP contribution in [-0.2, 0) is 12.8 Å². The van der Waals surface area contributed by atoms with E-state index in [2.05, 4.69) is 0 Å². The van der Waals surface area contributed by atoms with E-state index in [9.17, 15) is 0 Å². The zero-order chi connectivity index (χ0) is 59.8. The fraction of sp³-hybridized carbons (Fsp3) is 0.400. The average molecular weight is 1290 g/mol. The number of hydrogen-bond donors (Lipinski definition) is 0. The second kappa shape index (κ2) is 26.5. The van der Waals surface area contributed by atoms with Gasteiger partial charge in [0.15, 0.2) is 0 Å². The maximum atomic E-state index is 18.2. The summed E-state index contributed by atoms with van der Waals surface area (Å²) in [6.45, 7) is 4.09. The number of aryl methyl sites for hydroxylation is 2. The van der Waals surface area contributed by atoms with Crippen LogP contribution in [0.4, 0.5) is 87.8 Å². The Morgan fingerprint density at radius 2 is 0.370 bits per heavy atom. The van der Waals surface area contributed by atoms with Gasteiger partial charge in [-0.1, -0.05) is 52.4 Å². The van der Waals surface area contributed by atoms with E-state index in [0.717, 1.165) is 89.9 Å². The molecule has 0 bridgehead atoms. The summed E-state index contributed by atoms with van der Waals surface area (Å²) in [6, 6.07) is 2.77. The molecule has 0 aliphatic carbocycles. The van der Waals surface area contributed by atoms with Gasteiger partial charge in [0.05, 0.1) is 0 Å². The topological polar surface area (TPSA) is 0 Å². The molecule has 0 unspecified atom stereocenters. The summed E-state index contributed by atoms with van der Waals surface area (Å²) in [5, 5.41) is 0. The SMILES string of the molecule is CCCCCCCCCCCCc1ccc([I+](c2ccc(CCCCCCCCCCCC)cc2)(c2c(F)c(F)c(F)c(F)c2F)(c2c(F)c(F)c(F)c(F)c2F)(c2c(F)c(F)c(F)c(F)c2F)c2c(F)c(F)c(F)c(F)c2F)cc1. The third-order valence-corrected chi connectivity index (χ3v) is 37.3. The predicted molar refractivity (Wildman–Crippen MR) is 261 cm³/mol. The summed E-state index contributed by atoms with van der Waals surface area (Å²) in [6.07, 6.45) is 15.2. The first-order valence-corrected chi connectivity index (χ1v) is 33.2. The normalized spacial score (nSPS) is 12.9. The molecule has 0 saturated heterocycles. The van der Waals surface area contributed by atoms with Crippen molar-refractivity contribution in [3.8, 4) is 0 Å². The molecule has 0 fully saturated rings. The number of unbranched alkanes of at least 4 members (excludes halogenated alkanes) is 18. The van der Waals surface area contributed by atoms with Gasteiger partial charge in [0.2, 0.25) is 0 Å². The zero-order valence-corrected chi connectivity index (χ0v) is 46.3. The third-order valence-electron chi connectivity index (χ3n) is 15.1. The Kier molecular flexibility index (Phi) is 21.2. The van der Waals surface area contributed by atoms with Crippen molar-refractivity contribution in [3.63, 3.8) is 0 Å². The van der Waals surface area contributed by atoms with Gasteiger partial charge in [0.25, 0.3) is 0 Å². The van der Waals surface area contributed by atoms with Crippen LogP contribution < -0.4 is 15.7 Å². The Morgan fingerprint density at radius 3 is 0.556 bits per heavy atom. The first kappa shape index (κ1) is 64.8. The summed E-state index contributed by atoms with van der Waals surface area (Å²) in [5.74, 6) is -71.4. The molecule has 0 saturated carbocycles. The van der Waals surface area contributed by atoms with Crippen LogP contribution in [0.2, 0.25) is 0 Å². The molecule has 0 nitrogen and oxygen atoms in total. The van der Waals surface area contributed by atoms with E-state index in [1.807, 2.05) is 13.8 Å². The predicted octanol–water partition coefficient (Wildman–Crippen LogP) is 17.1. The Hall–Kier alpha value is -5.35. The summed E-state index contributed by atoms with van der Waals surface area (Å²) in [4.78, 5) is 0. The van der Waals surface area contributed by atoms with Crippen molar-refractivity contribution in [1.82, 2.24) is 0 Å². The molecule has 21 heteroatoms. The van der Waals surface area contributed by atoms with Crippen LogP contribution in [0.5, 0.6) is 0 Å². The van der Waals surface area contributed by atoms with Crippen molar-refractivity contribution in [2.75, 3.05) is 0 Å². The van der Waals surface area contributed by atoms with Gasteiger partial charge < -0.3 is 0 Å². The molecule has 0 spiro atoms. The van der Waals surface area contributed by atoms with E-state index in [0.29, 0.717) is 49.9 Å². The van der Waals surface area contributed by atoms with Gasteiger partial charge in [0.1, 0.15) is 0 Å². The summed E-state index contributed by atoms with van der Waals surface area (Å²) < 4.78 is 322. The van der Waals surface area contributed by atoms with Crippen molar-refractivity contribution >= 4 is 0 Å². The van der Waals surface area contributed by atoms with Crippen molar-refractivity contribution in [1.29, 1.82) is 0 Å². The van der Waals surface area contributed by atoms with E-state index in [1.54, 1.807) is 0 Å². The van der Waals surface area contributed by atoms with Gasteiger partial charge >= 0.3 is 404 Å². The Bertz CT molecular complexity index is 2760. The van der Waals surface area contributed by atoms with Crippen LogP contribution in [0.1, 0.15) is 153 Å². The van der Waals surface area contributed by atoms with Gasteiger partial charge in [-0.15, -0.1) is 0 Å². The zero-order valence-electron chi connectivity index (χ0n) is 44.1. The average Bonchev–Trinajstić information content (AvgIpc) is 1.60. The van der Waals surface area contributed by atoms with Crippen LogP contribution in [0.25, 0.3) is 0 Å². The molecule has 0 atom stereocenters. The van der Waals surface area contributed by atoms with Crippen LogP contribution in [0.15, 0.2) is 48.5 Å². The fourth-order valence-corrected chi connectivity index (χ4v) is 35.7. The molecular weight excluding hydrogens is 1230 g/mol. The van der Waals surface area contributed by atoms with Gasteiger partial charge in [-0.2, -0.15) is 0 Å². The summed E-state index contributed by atoms with van der Waals surface area (Å²) in [7, 11) is 0. The van der Waals surface area contributed by atoms with Crippen LogP contribution in [0.3, 0.4) is 0 Å². The van der Waals surface area contributed by atoms with E-state index in [4.69, 9.17) is 0 Å². The third kappa shape index (κ3) is 10.4. The van der Waals surface area contributed by atoms with Crippen LogP contribution >= 0.6 is 0 Å². The first-order chi connectivity index (χ1) is 38.5. The number of hydrogen-bond acceptors (Lipinski definition) is 0. The minimum absolute atomic E-state index is 0.0813. The van der Waals surface area contributed by atoms with Crippen molar-refractivity contribution in [2.24, 2.45) is 0 Å². The molecule has 0 heterocycles. The standard InChI is InChI=1S/C60H58F20I/c1-3-5-7-9-11-13-15-17-19-21-23-33-25-29-35(30-26-33)81(57-49(73)41(65)37(61)42(66)50(57)74,58-51(75)43(67)38(62)44(68)52(58)76,59-53(77)45(69)39(63)46(70)54(59)78,60-55(79)47(71)40(64)48(72)56(60)80)36-31-27-34(28-32-36)24-22-20-18-16-14-12-10-8-6-4-2/h25-32H,3-24H2,1-2H3/q+1. The van der Waals surface area contributed by atoms with Crippen LogP contribution in [-0.4, -0.2) is 0 Å². The summed E-state index contributed by atoms with van der Waals surface area (Å²) in [5.41, 5.74) is -0.230. The molecule has 0 aromatic heterocycles. The second-order valence-electron chi connectivity index (χ2n) is 20.1. The molecular formula is C60H58F20I+.